The molecule has 13 heteroatoms. The smallest absolute Gasteiger partial charge is 0.418 e. The van der Waals surface area contributed by atoms with E-state index in [9.17, 15) is 21.6 Å². The second kappa shape index (κ2) is 9.37. The van der Waals surface area contributed by atoms with Crippen LogP contribution in [0.4, 0.5) is 24.7 Å². The fraction of sp³-hybridized carbons (Fsp3) is 0.391. The van der Waals surface area contributed by atoms with Crippen molar-refractivity contribution in [2.24, 2.45) is 0 Å². The molecular formula is C23H25F3N6O3S. The molecule has 5 rings (SSSR count). The van der Waals surface area contributed by atoms with Gasteiger partial charge in [-0.25, -0.2) is 18.4 Å². The molecule has 3 heterocycles. The van der Waals surface area contributed by atoms with Gasteiger partial charge in [0.25, 0.3) is 0 Å². The van der Waals surface area contributed by atoms with E-state index in [4.69, 9.17) is 4.74 Å². The Morgan fingerprint density at radius 2 is 1.92 bits per heavy atom. The maximum Gasteiger partial charge on any atom is 0.418 e. The highest BCUT2D eigenvalue weighted by molar-refractivity contribution is 7.89. The van der Waals surface area contributed by atoms with Gasteiger partial charge in [-0.3, -0.25) is 4.90 Å². The minimum Gasteiger partial charge on any atom is -0.471 e. The number of para-hydroxylation sites is 1. The standard InChI is InChI=1S/C23H25F3N6O3S/c1-15(30-22-17-3-2-4-18(23(24,25)26)21(17)27-13-28-22)12-31-7-9-32(10-8-31)36(33,34)16-5-6-19-20(11-16)35-14-29-19/h2-6,11,13,15,29H,7-10,12,14H2,1H3,(H,27,28,30). The second-order valence-electron chi connectivity index (χ2n) is 8.80. The van der Waals surface area contributed by atoms with E-state index in [1.54, 1.807) is 24.3 Å². The van der Waals surface area contributed by atoms with Gasteiger partial charge in [-0.05, 0) is 31.2 Å². The number of hydrogen-bond acceptors (Lipinski definition) is 8. The van der Waals surface area contributed by atoms with Gasteiger partial charge in [0, 0.05) is 50.2 Å². The van der Waals surface area contributed by atoms with Gasteiger partial charge in [0.05, 0.1) is 21.7 Å². The Kier molecular flexibility index (Phi) is 6.39. The summed E-state index contributed by atoms with van der Waals surface area (Å²) in [6.07, 6.45) is -3.39. The SMILES string of the molecule is CC(CN1CCN(S(=O)(=O)c2ccc3c(c2)OCN3)CC1)Nc1ncnc2c(C(F)(F)F)cccc12. The predicted octanol–water partition coefficient (Wildman–Crippen LogP) is 3.22. The first kappa shape index (κ1) is 24.5. The Balaban J connectivity index is 1.22. The monoisotopic (exact) mass is 522 g/mol. The summed E-state index contributed by atoms with van der Waals surface area (Å²) in [5.41, 5.74) is -0.186. The van der Waals surface area contributed by atoms with Gasteiger partial charge in [-0.15, -0.1) is 0 Å². The van der Waals surface area contributed by atoms with Crippen LogP contribution >= 0.6 is 0 Å². The van der Waals surface area contributed by atoms with Crippen LogP contribution in [0.25, 0.3) is 10.9 Å². The first-order valence-electron chi connectivity index (χ1n) is 11.4. The van der Waals surface area contributed by atoms with E-state index in [0.717, 1.165) is 18.1 Å². The molecule has 1 saturated heterocycles. The number of sulfonamides is 1. The second-order valence-corrected chi connectivity index (χ2v) is 10.7. The molecule has 1 aromatic heterocycles. The number of nitrogens with one attached hydrogen (secondary N) is 2. The van der Waals surface area contributed by atoms with Crippen molar-refractivity contribution >= 4 is 32.4 Å². The van der Waals surface area contributed by atoms with Crippen molar-refractivity contribution in [3.05, 3.63) is 48.3 Å². The molecule has 1 unspecified atom stereocenters. The number of ether oxygens (including phenoxy) is 1. The Labute approximate surface area is 206 Å². The largest absolute Gasteiger partial charge is 0.471 e. The van der Waals surface area contributed by atoms with Crippen molar-refractivity contribution in [1.29, 1.82) is 0 Å². The summed E-state index contributed by atoms with van der Waals surface area (Å²) in [4.78, 5) is 10.3. The summed E-state index contributed by atoms with van der Waals surface area (Å²) in [6, 6.07) is 8.57. The molecule has 0 spiro atoms. The first-order valence-corrected chi connectivity index (χ1v) is 12.9. The predicted molar refractivity (Wildman–Crippen MR) is 128 cm³/mol. The molecule has 3 aromatic rings. The Morgan fingerprint density at radius 1 is 1.14 bits per heavy atom. The lowest BCUT2D eigenvalue weighted by molar-refractivity contribution is -0.136. The minimum atomic E-state index is -4.51. The fourth-order valence-electron chi connectivity index (χ4n) is 4.52. The molecule has 1 atom stereocenters. The molecule has 0 radical (unpaired) electrons. The zero-order valence-corrected chi connectivity index (χ0v) is 20.2. The van der Waals surface area contributed by atoms with Crippen LogP contribution in [0.1, 0.15) is 12.5 Å². The van der Waals surface area contributed by atoms with Crippen molar-refractivity contribution in [2.45, 2.75) is 24.0 Å². The van der Waals surface area contributed by atoms with Gasteiger partial charge in [0.2, 0.25) is 10.0 Å². The minimum absolute atomic E-state index is 0.151. The summed E-state index contributed by atoms with van der Waals surface area (Å²) < 4.78 is 73.2. The molecule has 2 aromatic carbocycles. The van der Waals surface area contributed by atoms with E-state index in [0.29, 0.717) is 56.4 Å². The third-order valence-electron chi connectivity index (χ3n) is 6.30. The number of fused-ring (bicyclic) bond motifs is 2. The van der Waals surface area contributed by atoms with Gasteiger partial charge in [0.15, 0.2) is 6.73 Å². The lowest BCUT2D eigenvalue weighted by atomic mass is 10.1. The van der Waals surface area contributed by atoms with Crippen LogP contribution in [-0.2, 0) is 16.2 Å². The maximum absolute atomic E-state index is 13.4. The summed E-state index contributed by atoms with van der Waals surface area (Å²) in [7, 11) is -3.65. The molecule has 1 fully saturated rings. The van der Waals surface area contributed by atoms with Crippen LogP contribution in [0.2, 0.25) is 0 Å². The number of rotatable bonds is 6. The van der Waals surface area contributed by atoms with E-state index in [1.165, 1.54) is 10.4 Å². The number of alkyl halides is 3. The fourth-order valence-corrected chi connectivity index (χ4v) is 5.96. The lowest BCUT2D eigenvalue weighted by Crippen LogP contribution is -2.50. The summed E-state index contributed by atoms with van der Waals surface area (Å²) >= 11 is 0. The van der Waals surface area contributed by atoms with Crippen LogP contribution in [0.15, 0.2) is 47.6 Å². The van der Waals surface area contributed by atoms with Crippen LogP contribution in [0, 0.1) is 0 Å². The third kappa shape index (κ3) is 4.77. The highest BCUT2D eigenvalue weighted by atomic mass is 32.2. The number of halogens is 3. The molecule has 2 aliphatic rings. The van der Waals surface area contributed by atoms with E-state index >= 15 is 0 Å². The number of nitrogens with zero attached hydrogens (tertiary/aromatic N) is 4. The molecule has 0 bridgehead atoms. The molecule has 192 valence electrons. The van der Waals surface area contributed by atoms with Gasteiger partial charge in [-0.2, -0.15) is 17.5 Å². The zero-order valence-electron chi connectivity index (χ0n) is 19.4. The summed E-state index contributed by atoms with van der Waals surface area (Å²) in [5, 5.41) is 6.50. The number of piperazine rings is 1. The van der Waals surface area contributed by atoms with Crippen molar-refractivity contribution < 1.29 is 26.3 Å². The van der Waals surface area contributed by atoms with E-state index in [2.05, 4.69) is 25.5 Å². The summed E-state index contributed by atoms with van der Waals surface area (Å²) in [5.74, 6) is 0.849. The Hall–Kier alpha value is -3.16. The number of hydrogen-bond donors (Lipinski definition) is 2. The van der Waals surface area contributed by atoms with Gasteiger partial charge < -0.3 is 15.4 Å². The Morgan fingerprint density at radius 3 is 2.67 bits per heavy atom. The van der Waals surface area contributed by atoms with E-state index in [-0.39, 0.29) is 16.5 Å². The third-order valence-corrected chi connectivity index (χ3v) is 8.19. The summed E-state index contributed by atoms with van der Waals surface area (Å²) in [6.45, 7) is 4.50. The average Bonchev–Trinajstić information content (AvgIpc) is 3.32. The number of anilines is 2. The highest BCUT2D eigenvalue weighted by Crippen LogP contribution is 2.35. The number of benzene rings is 2. The molecule has 0 saturated carbocycles. The van der Waals surface area contributed by atoms with Crippen molar-refractivity contribution in [3.63, 3.8) is 0 Å². The molecular weight excluding hydrogens is 497 g/mol. The molecule has 2 N–H and O–H groups in total. The average molecular weight is 523 g/mol. The van der Waals surface area contributed by atoms with Crippen molar-refractivity contribution in [3.8, 4) is 5.75 Å². The lowest BCUT2D eigenvalue weighted by Gasteiger charge is -2.35. The quantitative estimate of drug-likeness (QED) is 0.509. The highest BCUT2D eigenvalue weighted by Gasteiger charge is 2.34. The molecule has 2 aliphatic heterocycles. The molecule has 9 nitrogen and oxygen atoms in total. The molecule has 0 aliphatic carbocycles. The van der Waals surface area contributed by atoms with Crippen molar-refractivity contribution in [1.82, 2.24) is 19.2 Å². The normalized spacial score (nSPS) is 17.9. The van der Waals surface area contributed by atoms with Crippen LogP contribution in [0.3, 0.4) is 0 Å². The topological polar surface area (TPSA) is 99.7 Å². The van der Waals surface area contributed by atoms with Crippen LogP contribution < -0.4 is 15.4 Å². The van der Waals surface area contributed by atoms with Gasteiger partial charge >= 0.3 is 6.18 Å². The van der Waals surface area contributed by atoms with E-state index < -0.39 is 21.8 Å². The van der Waals surface area contributed by atoms with Gasteiger partial charge in [-0.1, -0.05) is 6.07 Å². The zero-order chi connectivity index (χ0) is 25.5. The van der Waals surface area contributed by atoms with Crippen LogP contribution in [-0.4, -0.2) is 73.1 Å². The Bertz CT molecular complexity index is 1380. The van der Waals surface area contributed by atoms with Crippen LogP contribution in [0.5, 0.6) is 5.75 Å². The van der Waals surface area contributed by atoms with E-state index in [1.807, 2.05) is 6.92 Å². The van der Waals surface area contributed by atoms with Crippen molar-refractivity contribution in [2.75, 3.05) is 50.1 Å². The first-order chi connectivity index (χ1) is 17.1. The molecule has 36 heavy (non-hydrogen) atoms. The molecule has 0 amide bonds. The number of aromatic nitrogens is 2. The maximum atomic E-state index is 13.4. The van der Waals surface area contributed by atoms with Gasteiger partial charge in [0.1, 0.15) is 17.9 Å².